The number of hydrogen-bond donors (Lipinski definition) is 1. The van der Waals surface area contributed by atoms with Crippen LogP contribution in [0, 0.1) is 6.92 Å². The lowest BCUT2D eigenvalue weighted by atomic mass is 10.2. The van der Waals surface area contributed by atoms with Crippen molar-refractivity contribution in [2.24, 2.45) is 0 Å². The predicted octanol–water partition coefficient (Wildman–Crippen LogP) is 2.96. The highest BCUT2D eigenvalue weighted by Gasteiger charge is 2.25. The number of rotatable bonds is 2. The Morgan fingerprint density at radius 3 is 3.00 bits per heavy atom. The molecular weight excluding hydrogens is 196 g/mol. The summed E-state index contributed by atoms with van der Waals surface area (Å²) >= 11 is 6.18. The van der Waals surface area contributed by atoms with E-state index in [9.17, 15) is 0 Å². The van der Waals surface area contributed by atoms with Gasteiger partial charge in [-0.3, -0.25) is 0 Å². The fourth-order valence-electron chi connectivity index (χ4n) is 1.88. The van der Waals surface area contributed by atoms with E-state index >= 15 is 0 Å². The number of pyridine rings is 1. The first-order valence-electron chi connectivity index (χ1n) is 5.09. The molecule has 1 aliphatic rings. The Morgan fingerprint density at radius 2 is 2.36 bits per heavy atom. The summed E-state index contributed by atoms with van der Waals surface area (Å²) in [7, 11) is 0. The van der Waals surface area contributed by atoms with Crippen molar-refractivity contribution in [2.75, 3.05) is 5.32 Å². The topological polar surface area (TPSA) is 24.9 Å². The zero-order valence-corrected chi connectivity index (χ0v) is 9.09. The van der Waals surface area contributed by atoms with Gasteiger partial charge in [0.05, 0.1) is 5.38 Å². The molecule has 1 N–H and O–H groups in total. The van der Waals surface area contributed by atoms with Crippen LogP contribution < -0.4 is 5.32 Å². The standard InChI is InChI=1S/C11H15ClN2/c1-8-5-6-13-11(7-8)14-10-4-2-3-9(10)12/h5-7,9-10H,2-4H2,1H3,(H,13,14). The first-order chi connectivity index (χ1) is 6.75. The van der Waals surface area contributed by atoms with Crippen LogP contribution in [0.1, 0.15) is 24.8 Å². The van der Waals surface area contributed by atoms with Crippen LogP contribution >= 0.6 is 11.6 Å². The largest absolute Gasteiger partial charge is 0.366 e. The minimum Gasteiger partial charge on any atom is -0.366 e. The third-order valence-corrected chi connectivity index (χ3v) is 3.20. The number of aromatic nitrogens is 1. The molecule has 2 atom stereocenters. The van der Waals surface area contributed by atoms with Crippen LogP contribution in [-0.4, -0.2) is 16.4 Å². The second kappa shape index (κ2) is 4.18. The molecule has 1 heterocycles. The summed E-state index contributed by atoms with van der Waals surface area (Å²) in [5, 5.41) is 3.65. The van der Waals surface area contributed by atoms with Crippen LogP contribution in [0.4, 0.5) is 5.82 Å². The van der Waals surface area contributed by atoms with E-state index in [1.807, 2.05) is 12.3 Å². The summed E-state index contributed by atoms with van der Waals surface area (Å²) < 4.78 is 0. The van der Waals surface area contributed by atoms with E-state index in [1.54, 1.807) is 0 Å². The third-order valence-electron chi connectivity index (χ3n) is 2.68. The molecule has 0 radical (unpaired) electrons. The minimum absolute atomic E-state index is 0.261. The van der Waals surface area contributed by atoms with Gasteiger partial charge < -0.3 is 5.32 Å². The van der Waals surface area contributed by atoms with Gasteiger partial charge in [-0.15, -0.1) is 11.6 Å². The molecule has 1 aliphatic carbocycles. The van der Waals surface area contributed by atoms with E-state index in [2.05, 4.69) is 23.3 Å². The fourth-order valence-corrected chi connectivity index (χ4v) is 2.23. The van der Waals surface area contributed by atoms with Crippen molar-refractivity contribution in [3.8, 4) is 0 Å². The molecule has 0 aliphatic heterocycles. The van der Waals surface area contributed by atoms with Crippen LogP contribution in [0.3, 0.4) is 0 Å². The smallest absolute Gasteiger partial charge is 0.126 e. The molecular formula is C11H15ClN2. The highest BCUT2D eigenvalue weighted by atomic mass is 35.5. The van der Waals surface area contributed by atoms with Gasteiger partial charge in [-0.2, -0.15) is 0 Å². The van der Waals surface area contributed by atoms with Crippen LogP contribution in [-0.2, 0) is 0 Å². The molecule has 1 aromatic rings. The lowest BCUT2D eigenvalue weighted by Crippen LogP contribution is -2.24. The monoisotopic (exact) mass is 210 g/mol. The van der Waals surface area contributed by atoms with E-state index in [4.69, 9.17) is 11.6 Å². The average Bonchev–Trinajstić information content (AvgIpc) is 2.52. The van der Waals surface area contributed by atoms with Crippen molar-refractivity contribution >= 4 is 17.4 Å². The first-order valence-corrected chi connectivity index (χ1v) is 5.52. The maximum absolute atomic E-state index is 6.18. The van der Waals surface area contributed by atoms with Gasteiger partial charge in [0.2, 0.25) is 0 Å². The van der Waals surface area contributed by atoms with Gasteiger partial charge in [0.25, 0.3) is 0 Å². The number of anilines is 1. The fraction of sp³-hybridized carbons (Fsp3) is 0.545. The summed E-state index contributed by atoms with van der Waals surface area (Å²) in [6.07, 6.45) is 5.32. The molecule has 0 spiro atoms. The van der Waals surface area contributed by atoms with E-state index < -0.39 is 0 Å². The van der Waals surface area contributed by atoms with Crippen LogP contribution in [0.2, 0.25) is 0 Å². The van der Waals surface area contributed by atoms with Crippen molar-refractivity contribution in [2.45, 2.75) is 37.6 Å². The highest BCUT2D eigenvalue weighted by molar-refractivity contribution is 6.21. The van der Waals surface area contributed by atoms with E-state index in [0.29, 0.717) is 6.04 Å². The van der Waals surface area contributed by atoms with E-state index in [-0.39, 0.29) is 5.38 Å². The van der Waals surface area contributed by atoms with Crippen LogP contribution in [0.25, 0.3) is 0 Å². The maximum atomic E-state index is 6.18. The predicted molar refractivity (Wildman–Crippen MR) is 59.9 cm³/mol. The van der Waals surface area contributed by atoms with Gasteiger partial charge in [-0.1, -0.05) is 0 Å². The molecule has 1 saturated carbocycles. The molecule has 1 aromatic heterocycles. The van der Waals surface area contributed by atoms with Crippen molar-refractivity contribution in [1.82, 2.24) is 4.98 Å². The number of aryl methyl sites for hydroxylation is 1. The SMILES string of the molecule is Cc1ccnc(NC2CCCC2Cl)c1. The Bertz CT molecular complexity index is 314. The molecule has 2 nitrogen and oxygen atoms in total. The summed E-state index contributed by atoms with van der Waals surface area (Å²) in [6, 6.07) is 4.45. The quantitative estimate of drug-likeness (QED) is 0.760. The summed E-state index contributed by atoms with van der Waals surface area (Å²) in [4.78, 5) is 4.27. The zero-order chi connectivity index (χ0) is 9.97. The Balaban J connectivity index is 2.03. The number of nitrogens with one attached hydrogen (secondary N) is 1. The lowest BCUT2D eigenvalue weighted by molar-refractivity contribution is 0.756. The second-order valence-electron chi connectivity index (χ2n) is 3.92. The molecule has 0 amide bonds. The van der Waals surface area contributed by atoms with Crippen molar-refractivity contribution < 1.29 is 0 Å². The van der Waals surface area contributed by atoms with Crippen LogP contribution in [0.15, 0.2) is 18.3 Å². The Kier molecular flexibility index (Phi) is 2.92. The summed E-state index contributed by atoms with van der Waals surface area (Å²) in [6.45, 7) is 2.07. The Labute approximate surface area is 89.7 Å². The first kappa shape index (κ1) is 9.78. The van der Waals surface area contributed by atoms with Gasteiger partial charge >= 0.3 is 0 Å². The van der Waals surface area contributed by atoms with Gasteiger partial charge in [0.15, 0.2) is 0 Å². The van der Waals surface area contributed by atoms with Crippen LogP contribution in [0.5, 0.6) is 0 Å². The summed E-state index contributed by atoms with van der Waals surface area (Å²) in [5.41, 5.74) is 1.23. The number of alkyl halides is 1. The second-order valence-corrected chi connectivity index (χ2v) is 4.48. The Hall–Kier alpha value is -0.760. The normalized spacial score (nSPS) is 26.4. The van der Waals surface area contributed by atoms with E-state index in [1.165, 1.54) is 12.0 Å². The third kappa shape index (κ3) is 2.18. The molecule has 2 rings (SSSR count). The minimum atomic E-state index is 0.261. The maximum Gasteiger partial charge on any atom is 0.126 e. The number of nitrogens with zero attached hydrogens (tertiary/aromatic N) is 1. The molecule has 1 fully saturated rings. The summed E-state index contributed by atoms with van der Waals surface area (Å²) in [5.74, 6) is 0.947. The molecule has 14 heavy (non-hydrogen) atoms. The molecule has 0 bridgehead atoms. The zero-order valence-electron chi connectivity index (χ0n) is 8.33. The van der Waals surface area contributed by atoms with Gasteiger partial charge in [-0.25, -0.2) is 4.98 Å². The molecule has 76 valence electrons. The van der Waals surface area contributed by atoms with Crippen molar-refractivity contribution in [3.63, 3.8) is 0 Å². The van der Waals surface area contributed by atoms with E-state index in [0.717, 1.165) is 18.7 Å². The lowest BCUT2D eigenvalue weighted by Gasteiger charge is -2.16. The number of halogens is 1. The van der Waals surface area contributed by atoms with Gasteiger partial charge in [0, 0.05) is 12.2 Å². The highest BCUT2D eigenvalue weighted by Crippen LogP contribution is 2.26. The molecule has 0 saturated heterocycles. The van der Waals surface area contributed by atoms with Crippen molar-refractivity contribution in [3.05, 3.63) is 23.9 Å². The van der Waals surface area contributed by atoms with Crippen molar-refractivity contribution in [1.29, 1.82) is 0 Å². The van der Waals surface area contributed by atoms with Gasteiger partial charge in [-0.05, 0) is 43.9 Å². The Morgan fingerprint density at radius 1 is 1.50 bits per heavy atom. The number of hydrogen-bond acceptors (Lipinski definition) is 2. The van der Waals surface area contributed by atoms with Gasteiger partial charge in [0.1, 0.15) is 5.82 Å². The molecule has 3 heteroatoms. The average molecular weight is 211 g/mol. The molecule has 2 unspecified atom stereocenters. The molecule has 0 aromatic carbocycles.